The molecule has 0 saturated carbocycles. The minimum absolute atomic E-state index is 0.0806. The molecule has 0 amide bonds. The summed E-state index contributed by atoms with van der Waals surface area (Å²) in [5.41, 5.74) is 1.12. The Kier molecular flexibility index (Phi) is 4.60. The van der Waals surface area contributed by atoms with Crippen molar-refractivity contribution in [1.82, 2.24) is 0 Å². The zero-order valence-corrected chi connectivity index (χ0v) is 12.7. The van der Waals surface area contributed by atoms with Gasteiger partial charge in [0.05, 0.1) is 7.11 Å². The van der Waals surface area contributed by atoms with E-state index in [0.29, 0.717) is 22.3 Å². The highest BCUT2D eigenvalue weighted by atomic mass is 79.9. The van der Waals surface area contributed by atoms with Gasteiger partial charge in [0.2, 0.25) is 0 Å². The number of methoxy groups -OCH3 is 1. The first kappa shape index (κ1) is 14.8. The number of hydrogen-bond acceptors (Lipinski definition) is 2. The van der Waals surface area contributed by atoms with Crippen LogP contribution in [0.5, 0.6) is 5.75 Å². The van der Waals surface area contributed by atoms with E-state index in [-0.39, 0.29) is 5.69 Å². The highest BCUT2D eigenvalue weighted by Crippen LogP contribution is 2.32. The lowest BCUT2D eigenvalue weighted by Crippen LogP contribution is -2.13. The summed E-state index contributed by atoms with van der Waals surface area (Å²) in [5, 5.41) is 0.407. The fourth-order valence-electron chi connectivity index (χ4n) is 1.96. The van der Waals surface area contributed by atoms with Crippen molar-refractivity contribution in [3.63, 3.8) is 0 Å². The second-order valence-electron chi connectivity index (χ2n) is 4.30. The van der Waals surface area contributed by atoms with Crippen molar-refractivity contribution in [3.05, 3.63) is 53.6 Å². The summed E-state index contributed by atoms with van der Waals surface area (Å²) in [6.07, 6.45) is 0. The van der Waals surface area contributed by atoms with Crippen LogP contribution < -0.4 is 9.64 Å². The Labute approximate surface area is 125 Å². The van der Waals surface area contributed by atoms with Crippen molar-refractivity contribution in [1.29, 1.82) is 0 Å². The Hall–Kier alpha value is -1.62. The Morgan fingerprint density at radius 3 is 2.35 bits per heavy atom. The summed E-state index contributed by atoms with van der Waals surface area (Å²) >= 11 is 3.19. The molecular weight excluding hydrogens is 328 g/mol. The first-order valence-corrected chi connectivity index (χ1v) is 7.10. The van der Waals surface area contributed by atoms with Crippen LogP contribution in [0.3, 0.4) is 0 Å². The van der Waals surface area contributed by atoms with Crippen LogP contribution in [0.15, 0.2) is 36.4 Å². The maximum absolute atomic E-state index is 14.1. The molecule has 2 aromatic rings. The van der Waals surface area contributed by atoms with E-state index >= 15 is 0 Å². The van der Waals surface area contributed by atoms with Crippen LogP contribution in [-0.4, -0.2) is 14.2 Å². The van der Waals surface area contributed by atoms with Gasteiger partial charge in [0, 0.05) is 24.1 Å². The number of anilines is 2. The van der Waals surface area contributed by atoms with E-state index < -0.39 is 11.6 Å². The molecule has 0 unspecified atom stereocenters. The second-order valence-corrected chi connectivity index (χ2v) is 4.86. The van der Waals surface area contributed by atoms with Gasteiger partial charge in [-0.05, 0) is 29.8 Å². The molecule has 0 aliphatic heterocycles. The smallest absolute Gasteiger partial charge is 0.150 e. The average Bonchev–Trinajstić information content (AvgIpc) is 2.46. The molecule has 0 fully saturated rings. The fourth-order valence-corrected chi connectivity index (χ4v) is 2.29. The van der Waals surface area contributed by atoms with Gasteiger partial charge in [0.25, 0.3) is 0 Å². The van der Waals surface area contributed by atoms with Gasteiger partial charge in [-0.2, -0.15) is 0 Å². The van der Waals surface area contributed by atoms with Crippen molar-refractivity contribution < 1.29 is 13.5 Å². The van der Waals surface area contributed by atoms with Gasteiger partial charge in [-0.3, -0.25) is 0 Å². The van der Waals surface area contributed by atoms with Crippen LogP contribution in [0.25, 0.3) is 0 Å². The number of benzene rings is 2. The molecule has 0 N–H and O–H groups in total. The number of rotatable bonds is 4. The van der Waals surface area contributed by atoms with Gasteiger partial charge in [-0.1, -0.05) is 22.0 Å². The first-order valence-electron chi connectivity index (χ1n) is 5.98. The lowest BCUT2D eigenvalue weighted by atomic mass is 10.1. The van der Waals surface area contributed by atoms with Gasteiger partial charge in [-0.15, -0.1) is 0 Å². The predicted molar refractivity (Wildman–Crippen MR) is 80.0 cm³/mol. The standard InChI is InChI=1S/C15H14BrF2NO/c1-19(11-4-3-5-12(8-11)20-2)15-13(17)6-10(9-16)7-14(15)18/h3-8H,9H2,1-2H3. The molecule has 0 radical (unpaired) electrons. The van der Waals surface area contributed by atoms with Crippen molar-refractivity contribution in [2.75, 3.05) is 19.1 Å². The number of alkyl halides is 1. The Balaban J connectivity index is 2.44. The monoisotopic (exact) mass is 341 g/mol. The van der Waals surface area contributed by atoms with Gasteiger partial charge in [-0.25, -0.2) is 8.78 Å². The third kappa shape index (κ3) is 2.93. The van der Waals surface area contributed by atoms with Crippen molar-refractivity contribution in [3.8, 4) is 5.75 Å². The van der Waals surface area contributed by atoms with Crippen LogP contribution in [0.2, 0.25) is 0 Å². The first-order chi connectivity index (χ1) is 9.56. The van der Waals surface area contributed by atoms with Crippen LogP contribution >= 0.6 is 15.9 Å². The van der Waals surface area contributed by atoms with E-state index in [9.17, 15) is 8.78 Å². The van der Waals surface area contributed by atoms with Crippen LogP contribution in [0.4, 0.5) is 20.2 Å². The average molecular weight is 342 g/mol. The fraction of sp³-hybridized carbons (Fsp3) is 0.200. The summed E-state index contributed by atoms with van der Waals surface area (Å²) < 4.78 is 33.3. The largest absolute Gasteiger partial charge is 0.497 e. The molecule has 106 valence electrons. The summed E-state index contributed by atoms with van der Waals surface area (Å²) in [5.74, 6) is -0.554. The number of ether oxygens (including phenoxy) is 1. The minimum atomic E-state index is -0.593. The molecule has 2 aromatic carbocycles. The van der Waals surface area contributed by atoms with Crippen molar-refractivity contribution in [2.45, 2.75) is 5.33 Å². The molecule has 0 aliphatic rings. The highest BCUT2D eigenvalue weighted by molar-refractivity contribution is 9.08. The number of nitrogens with zero attached hydrogens (tertiary/aromatic N) is 1. The summed E-state index contributed by atoms with van der Waals surface area (Å²) in [6.45, 7) is 0. The quantitative estimate of drug-likeness (QED) is 0.751. The van der Waals surface area contributed by atoms with Gasteiger partial charge in [0.1, 0.15) is 23.1 Å². The highest BCUT2D eigenvalue weighted by Gasteiger charge is 2.16. The summed E-state index contributed by atoms with van der Waals surface area (Å²) in [4.78, 5) is 1.46. The normalized spacial score (nSPS) is 10.4. The molecule has 5 heteroatoms. The predicted octanol–water partition coefficient (Wildman–Crippen LogP) is 4.64. The molecule has 0 aliphatic carbocycles. The third-order valence-corrected chi connectivity index (χ3v) is 3.65. The molecule has 20 heavy (non-hydrogen) atoms. The Morgan fingerprint density at radius 1 is 1.15 bits per heavy atom. The molecule has 2 rings (SSSR count). The van der Waals surface area contributed by atoms with E-state index in [0.717, 1.165) is 0 Å². The van der Waals surface area contributed by atoms with Crippen molar-refractivity contribution >= 4 is 27.3 Å². The Bertz CT molecular complexity index is 596. The molecule has 0 bridgehead atoms. The zero-order chi connectivity index (χ0) is 14.7. The second kappa shape index (κ2) is 6.22. The van der Waals surface area contributed by atoms with E-state index in [1.54, 1.807) is 38.4 Å². The molecule has 0 aromatic heterocycles. The molecular formula is C15H14BrF2NO. The lowest BCUT2D eigenvalue weighted by Gasteiger charge is -2.21. The third-order valence-electron chi connectivity index (χ3n) is 3.01. The molecule has 2 nitrogen and oxygen atoms in total. The van der Waals surface area contributed by atoms with E-state index in [4.69, 9.17) is 4.74 Å². The van der Waals surface area contributed by atoms with Crippen LogP contribution in [-0.2, 0) is 5.33 Å². The zero-order valence-electron chi connectivity index (χ0n) is 11.2. The minimum Gasteiger partial charge on any atom is -0.497 e. The van der Waals surface area contributed by atoms with Gasteiger partial charge >= 0.3 is 0 Å². The number of halogens is 3. The lowest BCUT2D eigenvalue weighted by molar-refractivity contribution is 0.415. The SMILES string of the molecule is COc1cccc(N(C)c2c(F)cc(CBr)cc2F)c1. The van der Waals surface area contributed by atoms with Crippen molar-refractivity contribution in [2.24, 2.45) is 0 Å². The van der Waals surface area contributed by atoms with E-state index in [2.05, 4.69) is 15.9 Å². The van der Waals surface area contributed by atoms with E-state index in [1.807, 2.05) is 0 Å². The topological polar surface area (TPSA) is 12.5 Å². The molecule has 0 saturated heterocycles. The molecule has 0 spiro atoms. The van der Waals surface area contributed by atoms with Gasteiger partial charge < -0.3 is 9.64 Å². The summed E-state index contributed by atoms with van der Waals surface area (Å²) in [7, 11) is 3.16. The Morgan fingerprint density at radius 2 is 1.80 bits per heavy atom. The van der Waals surface area contributed by atoms with E-state index in [1.165, 1.54) is 17.0 Å². The maximum atomic E-state index is 14.1. The summed E-state index contributed by atoms with van der Waals surface area (Å²) in [6, 6.07) is 9.68. The van der Waals surface area contributed by atoms with Crippen LogP contribution in [0, 0.1) is 11.6 Å². The van der Waals surface area contributed by atoms with Gasteiger partial charge in [0.15, 0.2) is 0 Å². The number of hydrogen-bond donors (Lipinski definition) is 0. The molecule has 0 atom stereocenters. The maximum Gasteiger partial charge on any atom is 0.150 e. The van der Waals surface area contributed by atoms with Crippen LogP contribution in [0.1, 0.15) is 5.56 Å². The molecule has 0 heterocycles.